The van der Waals surface area contributed by atoms with Gasteiger partial charge in [-0.15, -0.1) is 24.8 Å². The van der Waals surface area contributed by atoms with Crippen molar-refractivity contribution in [3.05, 3.63) is 51.8 Å². The molecule has 0 saturated carbocycles. The fourth-order valence-electron chi connectivity index (χ4n) is 6.58. The van der Waals surface area contributed by atoms with E-state index in [1.807, 2.05) is 0 Å². The van der Waals surface area contributed by atoms with Crippen LogP contribution in [0.3, 0.4) is 0 Å². The van der Waals surface area contributed by atoms with Crippen LogP contribution in [0.5, 0.6) is 0 Å². The van der Waals surface area contributed by atoms with Gasteiger partial charge in [0.05, 0.1) is 0 Å². The summed E-state index contributed by atoms with van der Waals surface area (Å²) in [5, 5.41) is 1.26. The molecule has 0 saturated heterocycles. The van der Waals surface area contributed by atoms with Crippen molar-refractivity contribution >= 4 is 43.3 Å². The summed E-state index contributed by atoms with van der Waals surface area (Å²) in [6.07, 6.45) is 7.88. The molecule has 1 aromatic heterocycles. The molecule has 1 N–H and O–H groups in total. The van der Waals surface area contributed by atoms with Gasteiger partial charge in [0.2, 0.25) is 0 Å². The predicted octanol–water partition coefficient (Wildman–Crippen LogP) is 9.37. The third-order valence-electron chi connectivity index (χ3n) is 15.3. The third-order valence-corrected chi connectivity index (χ3v) is 80.6. The Balaban J connectivity index is 0.00000225. The minimum atomic E-state index is -6.30. The van der Waals surface area contributed by atoms with Crippen LogP contribution in [0.1, 0.15) is 48.0 Å². The van der Waals surface area contributed by atoms with Gasteiger partial charge in [-0.3, -0.25) is 0 Å². The Morgan fingerprint density at radius 1 is 0.867 bits per heavy atom. The molecule has 0 aliphatic heterocycles. The molecule has 172 valence electrons. The monoisotopic (exact) mass is 531 g/mol. The van der Waals surface area contributed by atoms with Crippen LogP contribution < -0.4 is 3.40 Å². The zero-order valence-corrected chi connectivity index (χ0v) is 24.9. The second-order valence-electron chi connectivity index (χ2n) is 18.0. The van der Waals surface area contributed by atoms with Crippen LogP contribution in [0.15, 0.2) is 51.8 Å². The number of para-hydroxylation sites is 1. The van der Waals surface area contributed by atoms with Crippen LogP contribution in [-0.2, 0) is 12.4 Å². The van der Waals surface area contributed by atoms with Crippen molar-refractivity contribution in [3.63, 3.8) is 0 Å². The molecule has 0 bridgehead atoms. The van der Waals surface area contributed by atoms with Gasteiger partial charge < -0.3 is 0 Å². The van der Waals surface area contributed by atoms with Crippen molar-refractivity contribution in [2.45, 2.75) is 72.7 Å². The van der Waals surface area contributed by atoms with Gasteiger partial charge in [0.1, 0.15) is 0 Å². The van der Waals surface area contributed by atoms with E-state index in [4.69, 9.17) is 4.21 Å². The van der Waals surface area contributed by atoms with Crippen LogP contribution in [-0.4, -0.2) is 9.20 Å². The number of fused-ring (bicyclic) bond motifs is 1. The molecule has 1 aromatic carbocycles. The third kappa shape index (κ3) is 1.75. The van der Waals surface area contributed by atoms with Crippen molar-refractivity contribution in [1.82, 2.24) is 4.98 Å². The minimum absolute atomic E-state index is 0. The summed E-state index contributed by atoms with van der Waals surface area (Å²) < 4.78 is 18.7. The molecule has 4 heteroatoms. The van der Waals surface area contributed by atoms with Crippen molar-refractivity contribution in [3.8, 4) is 0 Å². The second-order valence-corrected chi connectivity index (χ2v) is 76.8. The average Bonchev–Trinajstić information content (AvgIpc) is 3.16. The maximum atomic E-state index is 5.74. The van der Waals surface area contributed by atoms with E-state index in [-0.39, 0.29) is 31.1 Å². The van der Waals surface area contributed by atoms with Crippen LogP contribution in [0.25, 0.3) is 10.9 Å². The van der Waals surface area contributed by atoms with Gasteiger partial charge in [-0.2, -0.15) is 0 Å². The molecule has 0 unspecified atom stereocenters. The van der Waals surface area contributed by atoms with E-state index in [2.05, 4.69) is 114 Å². The Bertz CT molecular complexity index is 1270. The quantitative estimate of drug-likeness (QED) is 0.396. The molecule has 1 aliphatic rings. The first kappa shape index (κ1) is 27.6. The van der Waals surface area contributed by atoms with Crippen molar-refractivity contribution in [2.24, 2.45) is 0 Å². The molecule has 1 nitrogen and oxygen atoms in total. The van der Waals surface area contributed by atoms with Crippen molar-refractivity contribution in [1.29, 1.82) is 0 Å². The van der Waals surface area contributed by atoms with Crippen molar-refractivity contribution < 1.29 is 12.4 Å². The number of aromatic amines is 1. The fraction of sp³-hybridized carbons (Fsp3) is 0.500. The molecule has 0 amide bonds. The fourth-order valence-corrected chi connectivity index (χ4v) is 32.7. The molecule has 2 aromatic rings. The predicted molar refractivity (Wildman–Crippen MR) is 144 cm³/mol. The number of benzene rings is 1. The van der Waals surface area contributed by atoms with E-state index in [1.54, 1.807) is 0 Å². The molecular weight excluding hydrogens is 488 g/mol. The van der Waals surface area contributed by atoms with E-state index in [0.29, 0.717) is 0 Å². The molecule has 3 rings (SSSR count). The maximum absolute atomic E-state index is 6.30. The van der Waals surface area contributed by atoms with Crippen molar-refractivity contribution in [2.75, 3.05) is 0 Å². The SMILES string of the molecule is Cl.Cl.[CH2]=[Zr]([CH3])([CH3])([CH3])([CH3])([C]1=CC=CC1)([c]1cc2ccccc2[nH]1)([C](C)(C)C)[C](C)(C)C. The van der Waals surface area contributed by atoms with Gasteiger partial charge in [0.15, 0.2) is 0 Å². The number of H-pyrrole nitrogens is 1. The van der Waals surface area contributed by atoms with E-state index >= 15 is 0 Å². The number of rotatable bonds is 2. The van der Waals surface area contributed by atoms with Crippen LogP contribution in [0.4, 0.5) is 0 Å². The number of hydrogen-bond acceptors (Lipinski definition) is 0. The van der Waals surface area contributed by atoms with Gasteiger partial charge in [-0.05, 0) is 0 Å². The normalized spacial score (nSPS) is 22.1. The molecule has 0 radical (unpaired) electrons. The summed E-state index contributed by atoms with van der Waals surface area (Å²) in [4.78, 5) is 3.97. The van der Waals surface area contributed by atoms with Gasteiger partial charge in [0.25, 0.3) is 0 Å². The molecule has 0 fully saturated rings. The number of allylic oxidation sites excluding steroid dienone is 4. The molecule has 30 heavy (non-hydrogen) atoms. The first-order chi connectivity index (χ1) is 12.0. The Morgan fingerprint density at radius 2 is 1.37 bits per heavy atom. The Labute approximate surface area is 184 Å². The molecular formula is C26H45Cl2NZr. The summed E-state index contributed by atoms with van der Waals surface area (Å²) in [6, 6.07) is 11.1. The number of hydrogen-bond donors (Lipinski definition) is 1. The topological polar surface area (TPSA) is 15.8 Å². The zero-order chi connectivity index (χ0) is 21.7. The first-order valence-corrected chi connectivity index (χ1v) is 27.5. The average molecular weight is 534 g/mol. The van der Waals surface area contributed by atoms with Gasteiger partial charge in [-0.1, -0.05) is 0 Å². The summed E-state index contributed by atoms with van der Waals surface area (Å²) in [7, 11) is 0. The van der Waals surface area contributed by atoms with Gasteiger partial charge in [0, 0.05) is 0 Å². The van der Waals surface area contributed by atoms with Gasteiger partial charge >= 0.3 is 160 Å². The van der Waals surface area contributed by atoms with Crippen LogP contribution in [0.2, 0.25) is 24.8 Å². The molecule has 1 heterocycles. The van der Waals surface area contributed by atoms with E-state index < -0.39 is 12.4 Å². The summed E-state index contributed by atoms with van der Waals surface area (Å²) in [5.74, 6) is 0. The zero-order valence-electron chi connectivity index (χ0n) is 20.8. The second kappa shape index (κ2) is 4.49. The standard InChI is InChI=1S/C8H6N.C5H5.2C4H9.4CH3.CH2.2ClH.Zr/c1-2-4-8-7(3-1)5-6-9-8;1-2-4-5-3-1;2*1-4(2)3;;;;;;;;/h1-5,9H;1-3H,4H2;2*1-3H3;4*1H3;1H2;2*1H;. The van der Waals surface area contributed by atoms with Gasteiger partial charge in [-0.25, -0.2) is 0 Å². The first-order valence-electron chi connectivity index (χ1n) is 11.0. The number of nitrogens with one attached hydrogen (secondary N) is 1. The van der Waals surface area contributed by atoms with E-state index in [0.717, 1.165) is 6.42 Å². The molecule has 0 atom stereocenters. The van der Waals surface area contributed by atoms with E-state index in [1.165, 1.54) is 17.6 Å². The Kier molecular flexibility index (Phi) is 4.13. The summed E-state index contributed by atoms with van der Waals surface area (Å²) in [5.41, 5.74) is 1.19. The van der Waals surface area contributed by atoms with E-state index in [9.17, 15) is 0 Å². The summed E-state index contributed by atoms with van der Waals surface area (Å²) >= 11 is -6.30. The van der Waals surface area contributed by atoms with Crippen LogP contribution in [0, 0.1) is 0 Å². The Morgan fingerprint density at radius 3 is 1.77 bits per heavy atom. The number of aromatic nitrogens is 1. The Hall–Kier alpha value is -0.427. The summed E-state index contributed by atoms with van der Waals surface area (Å²) in [6.45, 7) is 14.6. The molecule has 1 aliphatic carbocycles. The molecule has 0 spiro atoms. The number of halogens is 2. The van der Waals surface area contributed by atoms with Crippen LogP contribution >= 0.6 is 24.8 Å².